The Morgan fingerprint density at radius 2 is 1.82 bits per heavy atom. The van der Waals surface area contributed by atoms with E-state index >= 15 is 0 Å². The maximum absolute atomic E-state index is 13.4. The lowest BCUT2D eigenvalue weighted by molar-refractivity contribution is 0.0951. The molecule has 176 valence electrons. The van der Waals surface area contributed by atoms with E-state index in [0.717, 1.165) is 34.0 Å². The zero-order chi connectivity index (χ0) is 24.6. The molecule has 4 rings (SSSR count). The predicted molar refractivity (Wildman–Crippen MR) is 134 cm³/mol. The molecule has 7 nitrogen and oxygen atoms in total. The number of carbonyl (C=O) groups is 1. The lowest BCUT2D eigenvalue weighted by atomic mass is 10.1. The van der Waals surface area contributed by atoms with Gasteiger partial charge in [0.05, 0.1) is 17.0 Å². The topological polar surface area (TPSA) is 92.7 Å². The Balaban J connectivity index is 1.79. The number of rotatable bonds is 6. The summed E-state index contributed by atoms with van der Waals surface area (Å²) in [6.07, 6.45) is 1.75. The number of aromatic nitrogens is 4. The maximum atomic E-state index is 13.4. The minimum Gasteiger partial charge on any atom is -0.348 e. The van der Waals surface area contributed by atoms with E-state index in [-0.39, 0.29) is 30.0 Å². The second-order valence-electron chi connectivity index (χ2n) is 9.16. The van der Waals surface area contributed by atoms with Gasteiger partial charge in [-0.05, 0) is 44.9 Å². The van der Waals surface area contributed by atoms with Crippen molar-refractivity contribution in [3.63, 3.8) is 0 Å². The van der Waals surface area contributed by atoms with E-state index in [1.54, 1.807) is 6.20 Å². The second kappa shape index (κ2) is 9.25. The van der Waals surface area contributed by atoms with Crippen LogP contribution in [0.25, 0.3) is 11.0 Å². The van der Waals surface area contributed by atoms with Gasteiger partial charge in [0.25, 0.3) is 11.5 Å². The van der Waals surface area contributed by atoms with Crippen LogP contribution in [0.5, 0.6) is 0 Å². The third kappa shape index (κ3) is 4.25. The van der Waals surface area contributed by atoms with Crippen LogP contribution in [0.4, 0.5) is 0 Å². The Bertz CT molecular complexity index is 1420. The maximum Gasteiger partial charge on any atom is 0.254 e. The molecule has 34 heavy (non-hydrogen) atoms. The van der Waals surface area contributed by atoms with Gasteiger partial charge in [-0.25, -0.2) is 9.97 Å². The summed E-state index contributed by atoms with van der Waals surface area (Å²) in [4.78, 5) is 38.0. The molecule has 0 aliphatic carbocycles. The van der Waals surface area contributed by atoms with Crippen molar-refractivity contribution < 1.29 is 4.79 Å². The third-order valence-electron chi connectivity index (χ3n) is 6.34. The van der Waals surface area contributed by atoms with Gasteiger partial charge in [0, 0.05) is 35.6 Å². The number of pyridine rings is 1. The number of nitrogens with one attached hydrogen (secondary N) is 2. The van der Waals surface area contributed by atoms with E-state index in [0.29, 0.717) is 16.5 Å². The van der Waals surface area contributed by atoms with Gasteiger partial charge in [0.1, 0.15) is 11.5 Å². The molecule has 0 saturated carbocycles. The van der Waals surface area contributed by atoms with Gasteiger partial charge >= 0.3 is 0 Å². The van der Waals surface area contributed by atoms with E-state index in [1.807, 2.05) is 45.0 Å². The van der Waals surface area contributed by atoms with Gasteiger partial charge < -0.3 is 14.9 Å². The molecule has 0 aliphatic heterocycles. The first-order valence-corrected chi connectivity index (χ1v) is 11.6. The molecule has 0 radical (unpaired) electrons. The summed E-state index contributed by atoms with van der Waals surface area (Å²) in [7, 11) is 0. The molecular formula is C27H31N5O2. The molecule has 1 amide bonds. The second-order valence-corrected chi connectivity index (χ2v) is 9.16. The van der Waals surface area contributed by atoms with Crippen LogP contribution in [0, 0.1) is 20.8 Å². The summed E-state index contributed by atoms with van der Waals surface area (Å²) in [5.41, 5.74) is 5.23. The molecule has 1 aromatic carbocycles. The van der Waals surface area contributed by atoms with E-state index < -0.39 is 0 Å². The number of H-pyrrole nitrogens is 1. The average Bonchev–Trinajstić information content (AvgIpc) is 3.09. The highest BCUT2D eigenvalue weighted by molar-refractivity contribution is 6.07. The highest BCUT2D eigenvalue weighted by Gasteiger charge is 2.25. The Kier molecular flexibility index (Phi) is 6.37. The van der Waals surface area contributed by atoms with Gasteiger partial charge in [-0.2, -0.15) is 0 Å². The summed E-state index contributed by atoms with van der Waals surface area (Å²) in [6.45, 7) is 12.0. The zero-order valence-electron chi connectivity index (χ0n) is 20.6. The molecule has 0 fully saturated rings. The Hall–Kier alpha value is -3.74. The quantitative estimate of drug-likeness (QED) is 0.439. The van der Waals surface area contributed by atoms with Crippen molar-refractivity contribution in [3.8, 4) is 0 Å². The summed E-state index contributed by atoms with van der Waals surface area (Å²) in [5, 5.41) is 3.66. The summed E-state index contributed by atoms with van der Waals surface area (Å²) in [6, 6.07) is 12.0. The summed E-state index contributed by atoms with van der Waals surface area (Å²) >= 11 is 0. The lowest BCUT2D eigenvalue weighted by Gasteiger charge is -2.18. The molecule has 0 aliphatic rings. The number of carbonyl (C=O) groups excluding carboxylic acids is 1. The third-order valence-corrected chi connectivity index (χ3v) is 6.34. The van der Waals surface area contributed by atoms with Crippen LogP contribution < -0.4 is 10.9 Å². The number of benzene rings is 1. The van der Waals surface area contributed by atoms with E-state index in [1.165, 1.54) is 0 Å². The molecule has 0 bridgehead atoms. The minimum atomic E-state index is -0.248. The molecule has 0 saturated heterocycles. The number of aryl methyl sites for hydroxylation is 2. The van der Waals surface area contributed by atoms with Gasteiger partial charge in [0.2, 0.25) is 0 Å². The molecule has 3 aromatic heterocycles. The Labute approximate surface area is 199 Å². The highest BCUT2D eigenvalue weighted by Crippen LogP contribution is 2.31. The first kappa shape index (κ1) is 23.4. The van der Waals surface area contributed by atoms with Crippen LogP contribution in [0.1, 0.15) is 77.0 Å². The van der Waals surface area contributed by atoms with Crippen molar-refractivity contribution in [2.45, 2.75) is 60.0 Å². The molecule has 0 unspecified atom stereocenters. The van der Waals surface area contributed by atoms with E-state index in [2.05, 4.69) is 52.8 Å². The fourth-order valence-corrected chi connectivity index (χ4v) is 4.50. The van der Waals surface area contributed by atoms with Crippen LogP contribution in [-0.4, -0.2) is 25.4 Å². The Morgan fingerprint density at radius 3 is 2.47 bits per heavy atom. The van der Waals surface area contributed by atoms with Crippen LogP contribution in [0.3, 0.4) is 0 Å². The first-order chi connectivity index (χ1) is 16.2. The van der Waals surface area contributed by atoms with Crippen molar-refractivity contribution in [1.82, 2.24) is 24.8 Å². The molecule has 7 heteroatoms. The van der Waals surface area contributed by atoms with Crippen molar-refractivity contribution in [1.29, 1.82) is 0 Å². The fraction of sp³-hybridized carbons (Fsp3) is 0.333. The molecule has 0 spiro atoms. The monoisotopic (exact) mass is 457 g/mol. The van der Waals surface area contributed by atoms with Gasteiger partial charge in [-0.1, -0.05) is 44.2 Å². The molecule has 3 heterocycles. The summed E-state index contributed by atoms with van der Waals surface area (Å²) < 4.78 is 2.11. The normalized spacial score (nSPS) is 12.3. The molecule has 2 N–H and O–H groups in total. The average molecular weight is 458 g/mol. The first-order valence-electron chi connectivity index (χ1n) is 11.6. The van der Waals surface area contributed by atoms with Crippen molar-refractivity contribution in [3.05, 3.63) is 92.4 Å². The minimum absolute atomic E-state index is 0.0256. The summed E-state index contributed by atoms with van der Waals surface area (Å²) in [5.74, 6) is 0.649. The number of hydrogen-bond donors (Lipinski definition) is 2. The van der Waals surface area contributed by atoms with Crippen molar-refractivity contribution in [2.75, 3.05) is 0 Å². The SMILES string of the molecule is Cc1cc(C)c(CNC(=O)c2c(C)n([C@H](C)c3ccccc3)c3nc(C(C)C)ncc23)c(=O)[nH]1. The highest BCUT2D eigenvalue weighted by atomic mass is 16.2. The molecule has 1 atom stereocenters. The van der Waals surface area contributed by atoms with E-state index in [4.69, 9.17) is 4.98 Å². The number of aromatic amines is 1. The number of nitrogens with zero attached hydrogens (tertiary/aromatic N) is 3. The van der Waals surface area contributed by atoms with Gasteiger partial charge in [0.15, 0.2) is 0 Å². The fourth-order valence-electron chi connectivity index (χ4n) is 4.50. The van der Waals surface area contributed by atoms with Crippen molar-refractivity contribution >= 4 is 16.9 Å². The molecule has 4 aromatic rings. The lowest BCUT2D eigenvalue weighted by Crippen LogP contribution is -2.28. The Morgan fingerprint density at radius 1 is 1.12 bits per heavy atom. The van der Waals surface area contributed by atoms with E-state index in [9.17, 15) is 9.59 Å². The predicted octanol–water partition coefficient (Wildman–Crippen LogP) is 4.71. The number of hydrogen-bond acceptors (Lipinski definition) is 4. The van der Waals surface area contributed by atoms with Crippen LogP contribution in [-0.2, 0) is 6.54 Å². The van der Waals surface area contributed by atoms with Gasteiger partial charge in [-0.15, -0.1) is 0 Å². The van der Waals surface area contributed by atoms with Crippen LogP contribution >= 0.6 is 0 Å². The molecular weight excluding hydrogens is 426 g/mol. The smallest absolute Gasteiger partial charge is 0.254 e. The van der Waals surface area contributed by atoms with Crippen LogP contribution in [0.2, 0.25) is 0 Å². The standard InChI is InChI=1S/C27H31N5O2/c1-15(2)24-28-14-22-23(27(34)29-13-21-16(3)12-17(4)30-26(21)33)19(6)32(25(22)31-24)18(5)20-10-8-7-9-11-20/h7-12,14-15,18H,13H2,1-6H3,(H,29,34)(H,30,33)/t18-/m1/s1. The zero-order valence-corrected chi connectivity index (χ0v) is 20.6. The van der Waals surface area contributed by atoms with Crippen molar-refractivity contribution in [2.24, 2.45) is 0 Å². The van der Waals surface area contributed by atoms with Gasteiger partial charge in [-0.3, -0.25) is 9.59 Å². The largest absolute Gasteiger partial charge is 0.348 e. The number of amides is 1. The number of fused-ring (bicyclic) bond motifs is 1. The van der Waals surface area contributed by atoms with Crippen LogP contribution in [0.15, 0.2) is 47.4 Å².